The molecule has 0 aromatic carbocycles. The predicted molar refractivity (Wildman–Crippen MR) is 125 cm³/mol. The molecule has 204 valence electrons. The van der Waals surface area contributed by atoms with Gasteiger partial charge in [0.2, 0.25) is 5.78 Å². The van der Waals surface area contributed by atoms with Crippen LogP contribution in [0.4, 0.5) is 0 Å². The van der Waals surface area contributed by atoms with E-state index in [1.54, 1.807) is 0 Å². The minimum absolute atomic E-state index is 0.0154. The lowest BCUT2D eigenvalue weighted by atomic mass is 10.1. The van der Waals surface area contributed by atoms with Crippen molar-refractivity contribution in [1.82, 2.24) is 0 Å². The average Bonchev–Trinajstić information content (AvgIpc) is 2.84. The quantitative estimate of drug-likeness (QED) is 0.105. The lowest BCUT2D eigenvalue weighted by Gasteiger charge is -2.08. The Balaban J connectivity index is 3.24. The Bertz CT molecular complexity index is 566. The Labute approximate surface area is 207 Å². The molecule has 0 atom stereocenters. The van der Waals surface area contributed by atoms with Crippen LogP contribution in [-0.2, 0) is 47.6 Å². The number of carboxylic acid groups (broad SMARTS) is 1. The first-order valence-corrected chi connectivity index (χ1v) is 12.4. The molecule has 0 radical (unpaired) electrons. The summed E-state index contributed by atoms with van der Waals surface area (Å²) in [5.74, 6) is -3.41. The van der Waals surface area contributed by atoms with Crippen LogP contribution in [0.2, 0.25) is 0 Å². The van der Waals surface area contributed by atoms with Gasteiger partial charge in [0.05, 0.1) is 59.3 Å². The van der Waals surface area contributed by atoms with Crippen LogP contribution in [0.3, 0.4) is 0 Å². The number of hydrogen-bond acceptors (Lipinski definition) is 10. The summed E-state index contributed by atoms with van der Waals surface area (Å²) in [4.78, 5) is 44.1. The molecule has 0 aliphatic heterocycles. The molecule has 0 unspecified atom stereocenters. The van der Waals surface area contributed by atoms with Gasteiger partial charge in [-0.3, -0.25) is 14.4 Å². The number of rotatable bonds is 26. The molecular weight excluding hydrogens is 464 g/mol. The smallest absolute Gasteiger partial charge is 0.372 e. The van der Waals surface area contributed by atoms with Gasteiger partial charge in [-0.25, -0.2) is 4.79 Å². The Hall–Kier alpha value is -2.08. The number of esters is 2. The fourth-order valence-corrected chi connectivity index (χ4v) is 2.71. The second-order valence-corrected chi connectivity index (χ2v) is 7.64. The number of carboxylic acids is 1. The van der Waals surface area contributed by atoms with Gasteiger partial charge in [0.1, 0.15) is 13.2 Å². The highest BCUT2D eigenvalue weighted by Crippen LogP contribution is 2.07. The van der Waals surface area contributed by atoms with Gasteiger partial charge in [-0.1, -0.05) is 39.0 Å². The Morgan fingerprint density at radius 2 is 0.914 bits per heavy atom. The third-order valence-corrected chi connectivity index (χ3v) is 4.63. The molecule has 0 aromatic rings. The lowest BCUT2D eigenvalue weighted by molar-refractivity contribution is -0.151. The van der Waals surface area contributed by atoms with Crippen LogP contribution >= 0.6 is 0 Å². The van der Waals surface area contributed by atoms with Gasteiger partial charge in [0.25, 0.3) is 0 Å². The van der Waals surface area contributed by atoms with Crippen molar-refractivity contribution in [2.75, 3.05) is 66.1 Å². The molecule has 0 fully saturated rings. The summed E-state index contributed by atoms with van der Waals surface area (Å²) in [5, 5.41) is 8.41. The van der Waals surface area contributed by atoms with E-state index in [-0.39, 0.29) is 38.6 Å². The third-order valence-electron chi connectivity index (χ3n) is 4.63. The largest absolute Gasteiger partial charge is 0.476 e. The molecule has 0 saturated heterocycles. The number of carbonyl (C=O) groups excluding carboxylic acids is 3. The molecule has 0 amide bonds. The van der Waals surface area contributed by atoms with Crippen molar-refractivity contribution in [3.63, 3.8) is 0 Å². The lowest BCUT2D eigenvalue weighted by Crippen LogP contribution is -2.17. The number of Topliss-reactive ketones (excluding diaryl/α,β-unsaturated/α-hetero) is 1. The predicted octanol–water partition coefficient (Wildman–Crippen LogP) is 2.32. The molecule has 1 N–H and O–H groups in total. The Kier molecular flexibility index (Phi) is 23.5. The van der Waals surface area contributed by atoms with Gasteiger partial charge in [-0.15, -0.1) is 0 Å². The Morgan fingerprint density at radius 1 is 0.514 bits per heavy atom. The van der Waals surface area contributed by atoms with Crippen LogP contribution in [-0.4, -0.2) is 94.9 Å². The van der Waals surface area contributed by atoms with Gasteiger partial charge in [0, 0.05) is 12.8 Å². The minimum Gasteiger partial charge on any atom is -0.476 e. The first-order chi connectivity index (χ1) is 17.0. The Morgan fingerprint density at radius 3 is 1.37 bits per heavy atom. The van der Waals surface area contributed by atoms with Crippen LogP contribution in [0.5, 0.6) is 0 Å². The first-order valence-electron chi connectivity index (χ1n) is 12.4. The van der Waals surface area contributed by atoms with Gasteiger partial charge in [0.15, 0.2) is 0 Å². The van der Waals surface area contributed by atoms with Crippen molar-refractivity contribution in [2.24, 2.45) is 0 Å². The van der Waals surface area contributed by atoms with E-state index in [2.05, 4.69) is 6.92 Å². The molecule has 11 nitrogen and oxygen atoms in total. The summed E-state index contributed by atoms with van der Waals surface area (Å²) < 4.78 is 31.2. The number of unbranched alkanes of at least 4 members (excludes halogenated alkanes) is 5. The van der Waals surface area contributed by atoms with Crippen molar-refractivity contribution < 1.29 is 52.7 Å². The van der Waals surface area contributed by atoms with Crippen LogP contribution < -0.4 is 0 Å². The van der Waals surface area contributed by atoms with E-state index >= 15 is 0 Å². The van der Waals surface area contributed by atoms with E-state index in [9.17, 15) is 19.2 Å². The van der Waals surface area contributed by atoms with Crippen molar-refractivity contribution in [3.8, 4) is 0 Å². The molecule has 0 spiro atoms. The fraction of sp³-hybridized carbons (Fsp3) is 0.833. The fourth-order valence-electron chi connectivity index (χ4n) is 2.71. The summed E-state index contributed by atoms with van der Waals surface area (Å²) in [7, 11) is 0. The molecule has 0 bridgehead atoms. The highest BCUT2D eigenvalue weighted by atomic mass is 16.6. The van der Waals surface area contributed by atoms with Crippen molar-refractivity contribution in [3.05, 3.63) is 0 Å². The summed E-state index contributed by atoms with van der Waals surface area (Å²) in [6.07, 6.45) is 6.63. The maximum atomic E-state index is 11.6. The van der Waals surface area contributed by atoms with Crippen LogP contribution in [0.25, 0.3) is 0 Å². The highest BCUT2D eigenvalue weighted by molar-refractivity contribution is 6.32. The van der Waals surface area contributed by atoms with E-state index in [0.29, 0.717) is 52.7 Å². The molecule has 0 aliphatic rings. The summed E-state index contributed by atoms with van der Waals surface area (Å²) in [6.45, 7) is 5.24. The van der Waals surface area contributed by atoms with Crippen molar-refractivity contribution in [2.45, 2.75) is 64.7 Å². The molecule has 35 heavy (non-hydrogen) atoms. The first kappa shape index (κ1) is 32.9. The van der Waals surface area contributed by atoms with Gasteiger partial charge < -0.3 is 33.5 Å². The van der Waals surface area contributed by atoms with Crippen molar-refractivity contribution >= 4 is 23.7 Å². The number of ether oxygens (including phenoxy) is 6. The minimum atomic E-state index is -1.56. The standard InChI is InChI=1S/C24H42O11/c1-2-3-4-5-6-7-8-22(26)34-19-17-32-15-13-30-11-12-31-14-16-33-18-20-35-23(27)10-9-21(25)24(28)29/h2-20H2,1H3,(H,28,29). The average molecular weight is 507 g/mol. The maximum Gasteiger partial charge on any atom is 0.372 e. The zero-order chi connectivity index (χ0) is 26.0. The van der Waals surface area contributed by atoms with E-state index < -0.39 is 17.7 Å². The van der Waals surface area contributed by atoms with Crippen LogP contribution in [0.15, 0.2) is 0 Å². The number of hydrogen-bond donors (Lipinski definition) is 1. The van der Waals surface area contributed by atoms with Gasteiger partial charge in [-0.2, -0.15) is 0 Å². The molecule has 11 heteroatoms. The topological polar surface area (TPSA) is 144 Å². The number of carbonyl (C=O) groups is 4. The second kappa shape index (κ2) is 25.0. The summed E-state index contributed by atoms with van der Waals surface area (Å²) >= 11 is 0. The molecular formula is C24H42O11. The van der Waals surface area contributed by atoms with Crippen molar-refractivity contribution in [1.29, 1.82) is 0 Å². The summed E-state index contributed by atoms with van der Waals surface area (Å²) in [5.41, 5.74) is 0. The highest BCUT2D eigenvalue weighted by Gasteiger charge is 2.14. The van der Waals surface area contributed by atoms with Gasteiger partial charge in [-0.05, 0) is 6.42 Å². The van der Waals surface area contributed by atoms with E-state index in [1.165, 1.54) is 25.7 Å². The second-order valence-electron chi connectivity index (χ2n) is 7.64. The maximum absolute atomic E-state index is 11.6. The molecule has 0 aromatic heterocycles. The van der Waals surface area contributed by atoms with E-state index in [1.807, 2.05) is 0 Å². The molecule has 0 aliphatic carbocycles. The van der Waals surface area contributed by atoms with E-state index in [4.69, 9.17) is 33.5 Å². The number of aliphatic carboxylic acids is 1. The number of ketones is 1. The SMILES string of the molecule is CCCCCCCCC(=O)OCCOCCOCCOCCOCCOC(=O)CCC(=O)C(=O)O. The molecule has 0 rings (SSSR count). The zero-order valence-electron chi connectivity index (χ0n) is 21.0. The van der Waals surface area contributed by atoms with Crippen LogP contribution in [0, 0.1) is 0 Å². The van der Waals surface area contributed by atoms with Crippen LogP contribution in [0.1, 0.15) is 64.7 Å². The zero-order valence-corrected chi connectivity index (χ0v) is 21.0. The molecule has 0 heterocycles. The normalized spacial score (nSPS) is 10.8. The third kappa shape index (κ3) is 24.8. The molecule has 0 saturated carbocycles. The van der Waals surface area contributed by atoms with E-state index in [0.717, 1.165) is 12.8 Å². The monoisotopic (exact) mass is 506 g/mol. The summed E-state index contributed by atoms with van der Waals surface area (Å²) in [6, 6.07) is 0. The van der Waals surface area contributed by atoms with Gasteiger partial charge >= 0.3 is 17.9 Å².